The van der Waals surface area contributed by atoms with E-state index in [-0.39, 0.29) is 11.9 Å². The lowest BCUT2D eigenvalue weighted by Crippen LogP contribution is -2.28. The summed E-state index contributed by atoms with van der Waals surface area (Å²) in [7, 11) is 0. The first-order valence-electron chi connectivity index (χ1n) is 9.58. The van der Waals surface area contributed by atoms with Gasteiger partial charge in [0.05, 0.1) is 22.7 Å². The molecule has 0 unspecified atom stereocenters. The van der Waals surface area contributed by atoms with Gasteiger partial charge in [-0.05, 0) is 49.8 Å². The summed E-state index contributed by atoms with van der Waals surface area (Å²) < 4.78 is 5.24. The molecule has 5 nitrogen and oxygen atoms in total. The Morgan fingerprint density at radius 3 is 2.41 bits per heavy atom. The van der Waals surface area contributed by atoms with Gasteiger partial charge >= 0.3 is 0 Å². The number of pyridine rings is 1. The van der Waals surface area contributed by atoms with Crippen LogP contribution in [0.15, 0.2) is 34.9 Å². The summed E-state index contributed by atoms with van der Waals surface area (Å²) >= 11 is 0. The zero-order chi connectivity index (χ0) is 19.6. The van der Waals surface area contributed by atoms with Gasteiger partial charge in [0.15, 0.2) is 0 Å². The van der Waals surface area contributed by atoms with Crippen LogP contribution in [0.3, 0.4) is 0 Å². The molecule has 2 atom stereocenters. The fourth-order valence-electron chi connectivity index (χ4n) is 3.35. The highest BCUT2D eigenvalue weighted by Crippen LogP contribution is 2.25. The van der Waals surface area contributed by atoms with Crippen LogP contribution in [0.2, 0.25) is 0 Å². The second-order valence-electron chi connectivity index (χ2n) is 7.17. The number of carbonyl (C=O) groups excluding carboxylic acids is 1. The molecule has 2 heterocycles. The number of nitrogens with one attached hydrogen (secondary N) is 1. The van der Waals surface area contributed by atoms with Crippen LogP contribution in [-0.2, 0) is 0 Å². The quantitative estimate of drug-likeness (QED) is 0.649. The summed E-state index contributed by atoms with van der Waals surface area (Å²) in [4.78, 5) is 17.3. The van der Waals surface area contributed by atoms with Crippen molar-refractivity contribution >= 4 is 17.0 Å². The molecule has 5 heteroatoms. The molecule has 0 aliphatic carbocycles. The zero-order valence-electron chi connectivity index (χ0n) is 16.7. The molecular formula is C22H27N3O2. The van der Waals surface area contributed by atoms with Crippen molar-refractivity contribution in [2.75, 3.05) is 0 Å². The summed E-state index contributed by atoms with van der Waals surface area (Å²) in [5, 5.41) is 7.80. The van der Waals surface area contributed by atoms with Crippen molar-refractivity contribution in [3.8, 4) is 0 Å². The van der Waals surface area contributed by atoms with Crippen LogP contribution in [0.1, 0.15) is 78.4 Å². The van der Waals surface area contributed by atoms with Crippen LogP contribution in [0.4, 0.5) is 0 Å². The number of hydrogen-bond acceptors (Lipinski definition) is 4. The van der Waals surface area contributed by atoms with Crippen LogP contribution in [0, 0.1) is 13.8 Å². The highest BCUT2D eigenvalue weighted by Gasteiger charge is 2.20. The molecule has 3 rings (SSSR count). The van der Waals surface area contributed by atoms with Crippen molar-refractivity contribution in [3.05, 3.63) is 58.4 Å². The first kappa shape index (κ1) is 19.1. The summed E-state index contributed by atoms with van der Waals surface area (Å²) in [5.41, 5.74) is 4.81. The van der Waals surface area contributed by atoms with Crippen molar-refractivity contribution in [2.24, 2.45) is 0 Å². The number of carbonyl (C=O) groups is 1. The van der Waals surface area contributed by atoms with Crippen LogP contribution in [0.25, 0.3) is 11.1 Å². The monoisotopic (exact) mass is 365 g/mol. The Bertz CT molecular complexity index is 944. The predicted octanol–water partition coefficient (Wildman–Crippen LogP) is 5.23. The molecule has 1 aromatic carbocycles. The third-order valence-corrected chi connectivity index (χ3v) is 5.22. The molecule has 0 aliphatic rings. The number of benzene rings is 1. The SMILES string of the molecule is CC[C@H](NC(=O)c1cc(C)nc2onc(C)c12)c1ccc([C@@H](C)CC)cc1. The van der Waals surface area contributed by atoms with E-state index in [1.807, 2.05) is 13.8 Å². The Kier molecular flexibility index (Phi) is 5.59. The minimum Gasteiger partial charge on any atom is -0.345 e. The number of rotatable bonds is 6. The second kappa shape index (κ2) is 7.91. The van der Waals surface area contributed by atoms with Crippen molar-refractivity contribution in [3.63, 3.8) is 0 Å². The highest BCUT2D eigenvalue weighted by molar-refractivity contribution is 6.06. The van der Waals surface area contributed by atoms with Gasteiger partial charge in [0.1, 0.15) is 0 Å². The summed E-state index contributed by atoms with van der Waals surface area (Å²) in [6, 6.07) is 10.3. The van der Waals surface area contributed by atoms with Gasteiger partial charge < -0.3 is 9.84 Å². The smallest absolute Gasteiger partial charge is 0.258 e. The number of nitrogens with zero attached hydrogens (tertiary/aromatic N) is 2. The van der Waals surface area contributed by atoms with Gasteiger partial charge in [-0.25, -0.2) is 4.98 Å². The van der Waals surface area contributed by atoms with E-state index in [1.54, 1.807) is 6.07 Å². The van der Waals surface area contributed by atoms with Crippen LogP contribution in [-0.4, -0.2) is 16.0 Å². The van der Waals surface area contributed by atoms with Crippen molar-refractivity contribution in [1.82, 2.24) is 15.5 Å². The standard InChI is InChI=1S/C22H27N3O2/c1-6-13(3)16-8-10-17(11-9-16)19(7-2)24-21(26)18-12-14(4)23-22-20(18)15(5)25-27-22/h8-13,19H,6-7H2,1-5H3,(H,24,26)/t13-,19-/m0/s1. The number of fused-ring (bicyclic) bond motifs is 1. The third-order valence-electron chi connectivity index (χ3n) is 5.22. The van der Waals surface area contributed by atoms with E-state index in [9.17, 15) is 4.79 Å². The molecule has 0 saturated carbocycles. The Hall–Kier alpha value is -2.69. The summed E-state index contributed by atoms with van der Waals surface area (Å²) in [6.45, 7) is 10.2. The maximum absolute atomic E-state index is 13.0. The van der Waals surface area contributed by atoms with Gasteiger partial charge in [-0.15, -0.1) is 0 Å². The van der Waals surface area contributed by atoms with E-state index < -0.39 is 0 Å². The van der Waals surface area contributed by atoms with Gasteiger partial charge in [0.25, 0.3) is 11.6 Å². The van der Waals surface area contributed by atoms with E-state index in [2.05, 4.69) is 60.5 Å². The summed E-state index contributed by atoms with van der Waals surface area (Å²) in [6.07, 6.45) is 1.92. The molecule has 27 heavy (non-hydrogen) atoms. The van der Waals surface area contributed by atoms with Gasteiger partial charge in [-0.3, -0.25) is 4.79 Å². The number of amides is 1. The van der Waals surface area contributed by atoms with Gasteiger partial charge in [0, 0.05) is 5.69 Å². The molecule has 0 saturated heterocycles. The molecule has 0 fully saturated rings. The first-order chi connectivity index (χ1) is 12.9. The average Bonchev–Trinajstić information content (AvgIpc) is 3.05. The van der Waals surface area contributed by atoms with Crippen LogP contribution in [0.5, 0.6) is 0 Å². The predicted molar refractivity (Wildman–Crippen MR) is 107 cm³/mol. The lowest BCUT2D eigenvalue weighted by atomic mass is 9.95. The first-order valence-corrected chi connectivity index (χ1v) is 9.58. The fraction of sp³-hybridized carbons (Fsp3) is 0.409. The third kappa shape index (κ3) is 3.87. The van der Waals surface area contributed by atoms with Gasteiger partial charge in [-0.2, -0.15) is 0 Å². The van der Waals surface area contributed by atoms with E-state index in [0.717, 1.165) is 24.1 Å². The molecular weight excluding hydrogens is 338 g/mol. The van der Waals surface area contributed by atoms with Crippen molar-refractivity contribution < 1.29 is 9.32 Å². The minimum absolute atomic E-state index is 0.0489. The minimum atomic E-state index is -0.130. The molecule has 0 aliphatic heterocycles. The number of hydrogen-bond donors (Lipinski definition) is 1. The molecule has 0 spiro atoms. The van der Waals surface area contributed by atoms with Crippen LogP contribution < -0.4 is 5.32 Å². The molecule has 142 valence electrons. The van der Waals surface area contributed by atoms with E-state index in [4.69, 9.17) is 4.52 Å². The normalized spacial score (nSPS) is 13.5. The largest absolute Gasteiger partial charge is 0.345 e. The number of aromatic nitrogens is 2. The zero-order valence-corrected chi connectivity index (χ0v) is 16.7. The Balaban J connectivity index is 1.87. The molecule has 2 aromatic heterocycles. The average molecular weight is 365 g/mol. The van der Waals surface area contributed by atoms with Crippen molar-refractivity contribution in [1.29, 1.82) is 0 Å². The highest BCUT2D eigenvalue weighted by atomic mass is 16.5. The maximum atomic E-state index is 13.0. The maximum Gasteiger partial charge on any atom is 0.258 e. The van der Waals surface area contributed by atoms with E-state index in [0.29, 0.717) is 28.3 Å². The Labute approximate surface area is 160 Å². The topological polar surface area (TPSA) is 68.0 Å². The van der Waals surface area contributed by atoms with Gasteiger partial charge in [-0.1, -0.05) is 50.2 Å². The number of aryl methyl sites for hydroxylation is 2. The second-order valence-corrected chi connectivity index (χ2v) is 7.17. The van der Waals surface area contributed by atoms with E-state index in [1.165, 1.54) is 5.56 Å². The lowest BCUT2D eigenvalue weighted by molar-refractivity contribution is 0.0937. The van der Waals surface area contributed by atoms with Crippen molar-refractivity contribution in [2.45, 2.75) is 59.4 Å². The summed E-state index contributed by atoms with van der Waals surface area (Å²) in [5.74, 6) is 0.410. The molecule has 0 radical (unpaired) electrons. The fourth-order valence-corrected chi connectivity index (χ4v) is 3.35. The Morgan fingerprint density at radius 2 is 1.78 bits per heavy atom. The molecule has 1 N–H and O–H groups in total. The Morgan fingerprint density at radius 1 is 1.11 bits per heavy atom. The van der Waals surface area contributed by atoms with Gasteiger partial charge in [0.2, 0.25) is 0 Å². The van der Waals surface area contributed by atoms with Crippen LogP contribution >= 0.6 is 0 Å². The van der Waals surface area contributed by atoms with E-state index >= 15 is 0 Å². The molecule has 0 bridgehead atoms. The molecule has 1 amide bonds. The lowest BCUT2D eigenvalue weighted by Gasteiger charge is -2.19. The molecule has 3 aromatic rings.